The van der Waals surface area contributed by atoms with Crippen LogP contribution in [-0.2, 0) is 28.7 Å². The minimum absolute atomic E-state index is 0.167. The average molecular weight is 1330 g/mol. The average Bonchev–Trinajstić information content (AvgIpc) is 4.23. The molecule has 2 aliphatic rings. The molecule has 1 amide bonds. The summed E-state index contributed by atoms with van der Waals surface area (Å²) in [5.41, 5.74) is 7.36. The summed E-state index contributed by atoms with van der Waals surface area (Å²) < 4.78 is 21.4. The number of aliphatic hydroxyl groups excluding tert-OH is 1. The van der Waals surface area contributed by atoms with Crippen molar-refractivity contribution >= 4 is 97.7 Å². The predicted molar refractivity (Wildman–Crippen MR) is 343 cm³/mol. The number of nitrogens with zero attached hydrogens (tertiary/aromatic N) is 1. The number of carboxylic acids is 1. The van der Waals surface area contributed by atoms with E-state index in [0.29, 0.717) is 63.0 Å². The van der Waals surface area contributed by atoms with Gasteiger partial charge in [0, 0.05) is 48.3 Å². The molecule has 0 radical (unpaired) electrons. The molecular weight excluding hydrogens is 1270 g/mol. The molecule has 0 aliphatic carbocycles. The monoisotopic (exact) mass is 1320 g/mol. The lowest BCUT2D eigenvalue weighted by Crippen LogP contribution is -2.48. The number of hydrogen-bond acceptors (Lipinski definition) is 14. The van der Waals surface area contributed by atoms with Crippen LogP contribution in [0.1, 0.15) is 79.8 Å². The van der Waals surface area contributed by atoms with Gasteiger partial charge in [-0.3, -0.25) is 24.0 Å². The number of amides is 1. The first-order valence-electron chi connectivity index (χ1n) is 28.0. The van der Waals surface area contributed by atoms with Crippen LogP contribution in [-0.4, -0.2) is 114 Å². The lowest BCUT2D eigenvalue weighted by atomic mass is 9.99. The van der Waals surface area contributed by atoms with E-state index in [4.69, 9.17) is 49.4 Å². The lowest BCUT2D eigenvalue weighted by molar-refractivity contribution is -0.138. The van der Waals surface area contributed by atoms with E-state index in [-0.39, 0.29) is 24.3 Å². The van der Waals surface area contributed by atoms with Crippen molar-refractivity contribution in [3.63, 3.8) is 0 Å². The van der Waals surface area contributed by atoms with Crippen molar-refractivity contribution in [3.8, 4) is 44.9 Å². The zero-order valence-corrected chi connectivity index (χ0v) is 52.0. The third kappa shape index (κ3) is 19.8. The van der Waals surface area contributed by atoms with Gasteiger partial charge in [-0.2, -0.15) is 0 Å². The Morgan fingerprint density at radius 3 is 1.22 bits per heavy atom. The summed E-state index contributed by atoms with van der Waals surface area (Å²) >= 11 is 20.8. The number of fused-ring (bicyclic) bond motifs is 1. The molecular formula is C69H60BrCl3N2O14. The lowest BCUT2D eigenvalue weighted by Gasteiger charge is -2.29. The fourth-order valence-corrected chi connectivity index (χ4v) is 9.67. The third-order valence-corrected chi connectivity index (χ3v) is 14.9. The van der Waals surface area contributed by atoms with Gasteiger partial charge < -0.3 is 39.4 Å². The molecule has 1 saturated heterocycles. The van der Waals surface area contributed by atoms with Crippen LogP contribution < -0.4 is 14.8 Å². The summed E-state index contributed by atoms with van der Waals surface area (Å²) in [7, 11) is 0. The summed E-state index contributed by atoms with van der Waals surface area (Å²) in [6, 6.07) is 53.3. The van der Waals surface area contributed by atoms with Gasteiger partial charge in [0.25, 0.3) is 23.3 Å². The van der Waals surface area contributed by atoms with Crippen LogP contribution in [0.5, 0.6) is 11.5 Å². The first-order chi connectivity index (χ1) is 42.8. The summed E-state index contributed by atoms with van der Waals surface area (Å²) in [4.78, 5) is 95.5. The molecule has 8 aromatic rings. The van der Waals surface area contributed by atoms with Gasteiger partial charge in [-0.15, -0.1) is 0 Å². The van der Waals surface area contributed by atoms with Crippen LogP contribution >= 0.6 is 50.7 Å². The normalized spacial score (nSPS) is 12.8. The molecule has 0 bridgehead atoms. The Bertz CT molecular complexity index is 3750. The minimum atomic E-state index is -1.45. The molecule has 20 heteroatoms. The first-order valence-corrected chi connectivity index (χ1v) is 29.9. The van der Waals surface area contributed by atoms with Crippen molar-refractivity contribution in [3.05, 3.63) is 235 Å². The quantitative estimate of drug-likeness (QED) is 0.0412. The number of Topliss-reactive ketones (excluding diaryl/α,β-unsaturated/α-hetero) is 4. The van der Waals surface area contributed by atoms with Crippen LogP contribution in [0.4, 0.5) is 0 Å². The van der Waals surface area contributed by atoms with E-state index in [1.807, 2.05) is 36.4 Å². The molecule has 2 aliphatic heterocycles. The summed E-state index contributed by atoms with van der Waals surface area (Å²) in [5.74, 6) is -5.45. The number of likely N-dealkylation sites (tertiary alicyclic amines) is 1. The van der Waals surface area contributed by atoms with Crippen molar-refractivity contribution < 1.29 is 67.5 Å². The van der Waals surface area contributed by atoms with Gasteiger partial charge in [-0.05, 0) is 152 Å². The van der Waals surface area contributed by atoms with Crippen LogP contribution in [0.2, 0.25) is 15.1 Å². The highest BCUT2D eigenvalue weighted by Crippen LogP contribution is 2.34. The van der Waals surface area contributed by atoms with Crippen LogP contribution in [0.15, 0.2) is 193 Å². The molecule has 0 unspecified atom stereocenters. The Morgan fingerprint density at radius 2 is 0.843 bits per heavy atom. The second kappa shape index (κ2) is 33.5. The van der Waals surface area contributed by atoms with Gasteiger partial charge in [0.1, 0.15) is 19.3 Å². The molecule has 0 aromatic heterocycles. The first kappa shape index (κ1) is 67.7. The number of esters is 2. The number of hydrogen-bond donors (Lipinski definition) is 3. The van der Waals surface area contributed by atoms with Gasteiger partial charge in [0.15, 0.2) is 11.5 Å². The number of ether oxygens (including phenoxy) is 4. The van der Waals surface area contributed by atoms with E-state index in [1.165, 1.54) is 12.1 Å². The number of aliphatic hydroxyl groups is 1. The van der Waals surface area contributed by atoms with E-state index < -0.39 is 59.1 Å². The van der Waals surface area contributed by atoms with E-state index >= 15 is 0 Å². The smallest absolute Gasteiger partial charge is 0.379 e. The highest BCUT2D eigenvalue weighted by Gasteiger charge is 2.30. The zero-order valence-electron chi connectivity index (χ0n) is 48.2. The number of halogens is 4. The molecule has 16 nitrogen and oxygen atoms in total. The van der Waals surface area contributed by atoms with E-state index in [0.717, 1.165) is 63.8 Å². The standard InChI is InChI=1S/C29H29ClN2O5.C16H13ClO3.C14H9ClO3.C10H9BrO3/c30-23-10-7-20(8-11-23)19-3-5-21(6-4-19)28(34)29(35)31-24(18-32-13-1-2-14-32)27(33)22-9-12-25-26(17-22)37-16-15-36-25;1-2-20-16(19)15(18)13-5-3-11(4-6-13)12-7-9-14(17)10-8-12;15-12-7-5-10(6-8-12)9-1-3-11(4-2-9)13(16)14(17)18;1-2-14-10(13)9(12)7-3-5-8(11)6-4-7/h3-12,17,24,27,33H,1-2,13-16,18H2,(H,31,35);3-10H,2H2,1H3;1-8H,(H,17,18);3-6H,2H2,1H3/t24-,27-;;;/m1.../s1. The third-order valence-electron chi connectivity index (χ3n) is 13.7. The number of carbonyl (C=O) groups is 8. The number of ketones is 4. The molecule has 8 aromatic carbocycles. The molecule has 2 atom stereocenters. The molecule has 0 saturated carbocycles. The summed E-state index contributed by atoms with van der Waals surface area (Å²) in [5, 5.41) is 24.6. The Kier molecular flexibility index (Phi) is 25.5. The van der Waals surface area contributed by atoms with Gasteiger partial charge in [0.05, 0.1) is 19.3 Å². The highest BCUT2D eigenvalue weighted by molar-refractivity contribution is 9.10. The highest BCUT2D eigenvalue weighted by atomic mass is 79.9. The number of rotatable bonds is 18. The van der Waals surface area contributed by atoms with Gasteiger partial charge >= 0.3 is 17.9 Å². The largest absolute Gasteiger partial charge is 0.486 e. The van der Waals surface area contributed by atoms with Crippen molar-refractivity contribution in [2.75, 3.05) is 46.1 Å². The number of benzene rings is 8. The fourth-order valence-electron chi connectivity index (χ4n) is 9.03. The molecule has 89 heavy (non-hydrogen) atoms. The molecule has 1 fully saturated rings. The van der Waals surface area contributed by atoms with Gasteiger partial charge in [-0.25, -0.2) is 14.4 Å². The second-order valence-corrected chi connectivity index (χ2v) is 22.0. The Hall–Kier alpha value is -8.81. The van der Waals surface area contributed by atoms with E-state index in [9.17, 15) is 43.5 Å². The maximum atomic E-state index is 13.0. The Morgan fingerprint density at radius 1 is 0.494 bits per heavy atom. The molecule has 458 valence electrons. The maximum absolute atomic E-state index is 13.0. The summed E-state index contributed by atoms with van der Waals surface area (Å²) in [6.45, 7) is 6.85. The number of nitrogens with one attached hydrogen (secondary N) is 1. The Balaban J connectivity index is 0.000000184. The predicted octanol–water partition coefficient (Wildman–Crippen LogP) is 13.5. The van der Waals surface area contributed by atoms with Crippen molar-refractivity contribution in [2.45, 2.75) is 38.8 Å². The molecule has 10 rings (SSSR count). The molecule has 0 spiro atoms. The fraction of sp³-hybridized carbons (Fsp3) is 0.188. The topological polar surface area (TPSA) is 229 Å². The molecule has 2 heterocycles. The maximum Gasteiger partial charge on any atom is 0.379 e. The SMILES string of the molecule is CCOC(=O)C(=O)c1ccc(-c2ccc(Cl)cc2)cc1.CCOC(=O)C(=O)c1ccc(Br)cc1.O=C(N[C@H](CN1CCCC1)[C@H](O)c1ccc2c(c1)OCCO2)C(=O)c1ccc(-c2ccc(Cl)cc2)cc1.O=C(O)C(=O)c1ccc(-c2ccc(Cl)cc2)cc1. The van der Waals surface area contributed by atoms with Gasteiger partial charge in [0.2, 0.25) is 5.78 Å². The summed E-state index contributed by atoms with van der Waals surface area (Å²) in [6.07, 6.45) is 1.11. The van der Waals surface area contributed by atoms with Crippen molar-refractivity contribution in [1.82, 2.24) is 10.2 Å². The van der Waals surface area contributed by atoms with Gasteiger partial charge in [-0.1, -0.05) is 166 Å². The van der Waals surface area contributed by atoms with Crippen LogP contribution in [0.3, 0.4) is 0 Å². The number of aliphatic carboxylic acids is 1. The van der Waals surface area contributed by atoms with E-state index in [1.54, 1.807) is 153 Å². The van der Waals surface area contributed by atoms with E-state index in [2.05, 4.69) is 35.6 Å². The zero-order chi connectivity index (χ0) is 64.0. The second-order valence-electron chi connectivity index (χ2n) is 19.8. The van der Waals surface area contributed by atoms with Crippen LogP contribution in [0.25, 0.3) is 33.4 Å². The Labute approximate surface area is 537 Å². The molecule has 3 N–H and O–H groups in total. The number of carboxylic acid groups (broad SMARTS) is 1. The van der Waals surface area contributed by atoms with Crippen molar-refractivity contribution in [2.24, 2.45) is 0 Å². The van der Waals surface area contributed by atoms with Crippen molar-refractivity contribution in [1.29, 1.82) is 0 Å². The number of carbonyl (C=O) groups excluding carboxylic acids is 7. The van der Waals surface area contributed by atoms with Crippen LogP contribution in [0, 0.1) is 0 Å². The minimum Gasteiger partial charge on any atom is -0.486 e.